The second-order valence-electron chi connectivity index (χ2n) is 2.23. The van der Waals surface area contributed by atoms with E-state index in [4.69, 9.17) is 6.42 Å². The Morgan fingerprint density at radius 2 is 2.33 bits per heavy atom. The lowest BCUT2D eigenvalue weighted by Gasteiger charge is -2.06. The zero-order valence-electron chi connectivity index (χ0n) is 5.48. The largest absolute Gasteiger partial charge is 0.314 e. The average Bonchev–Trinajstić information content (AvgIpc) is 2.13. The number of terminal acetylenes is 1. The third kappa shape index (κ3) is 2.05. The fourth-order valence-corrected chi connectivity index (χ4v) is 0.926. The van der Waals surface area contributed by atoms with Crippen LogP contribution in [-0.4, -0.2) is 25.7 Å². The molecule has 1 heterocycles. The monoisotopic (exact) mass is 124 g/mol. The number of hydrogen-bond donors (Lipinski definition) is 2. The van der Waals surface area contributed by atoms with E-state index in [1.807, 2.05) is 0 Å². The molecule has 2 heteroatoms. The van der Waals surface area contributed by atoms with Crippen LogP contribution in [0.5, 0.6) is 0 Å². The molecule has 1 saturated heterocycles. The lowest BCUT2D eigenvalue weighted by Crippen LogP contribution is -2.33. The van der Waals surface area contributed by atoms with Crippen molar-refractivity contribution in [2.75, 3.05) is 19.6 Å². The zero-order chi connectivity index (χ0) is 6.53. The zero-order valence-corrected chi connectivity index (χ0v) is 5.48. The van der Waals surface area contributed by atoms with Crippen LogP contribution < -0.4 is 10.6 Å². The smallest absolute Gasteiger partial charge is 0.0813 e. The van der Waals surface area contributed by atoms with Crippen molar-refractivity contribution in [2.24, 2.45) is 0 Å². The van der Waals surface area contributed by atoms with Gasteiger partial charge < -0.3 is 10.6 Å². The van der Waals surface area contributed by atoms with E-state index in [-0.39, 0.29) is 6.04 Å². The summed E-state index contributed by atoms with van der Waals surface area (Å²) in [6, 6.07) is 0.243. The van der Waals surface area contributed by atoms with Crippen molar-refractivity contribution in [3.63, 3.8) is 0 Å². The van der Waals surface area contributed by atoms with Crippen molar-refractivity contribution >= 4 is 0 Å². The second-order valence-corrected chi connectivity index (χ2v) is 2.23. The van der Waals surface area contributed by atoms with Gasteiger partial charge in [0.2, 0.25) is 0 Å². The maximum atomic E-state index is 5.22. The van der Waals surface area contributed by atoms with Gasteiger partial charge in [-0.05, 0) is 19.5 Å². The van der Waals surface area contributed by atoms with Crippen LogP contribution in [0.2, 0.25) is 0 Å². The maximum Gasteiger partial charge on any atom is 0.0813 e. The summed E-state index contributed by atoms with van der Waals surface area (Å²) in [6.07, 6.45) is 6.40. The van der Waals surface area contributed by atoms with Gasteiger partial charge in [0.05, 0.1) is 6.04 Å². The highest BCUT2D eigenvalue weighted by Gasteiger charge is 2.05. The molecule has 50 valence electrons. The summed E-state index contributed by atoms with van der Waals surface area (Å²) in [6.45, 7) is 3.05. The summed E-state index contributed by atoms with van der Waals surface area (Å²) < 4.78 is 0. The van der Waals surface area contributed by atoms with E-state index in [0.717, 1.165) is 19.6 Å². The van der Waals surface area contributed by atoms with Gasteiger partial charge in [0.1, 0.15) is 0 Å². The fourth-order valence-electron chi connectivity index (χ4n) is 0.926. The molecule has 1 unspecified atom stereocenters. The van der Waals surface area contributed by atoms with Gasteiger partial charge in [-0.1, -0.05) is 5.92 Å². The first-order chi connectivity index (χ1) is 4.43. The molecule has 1 atom stereocenters. The second kappa shape index (κ2) is 3.49. The fraction of sp³-hybridized carbons (Fsp3) is 0.714. The molecule has 0 aromatic carbocycles. The molecule has 1 fully saturated rings. The SMILES string of the molecule is C#CC1CNCCCN1. The van der Waals surface area contributed by atoms with Crippen LogP contribution in [0.4, 0.5) is 0 Å². The molecule has 1 aliphatic heterocycles. The third-order valence-electron chi connectivity index (χ3n) is 1.47. The summed E-state index contributed by atoms with van der Waals surface area (Å²) in [7, 11) is 0. The van der Waals surface area contributed by atoms with Crippen molar-refractivity contribution in [2.45, 2.75) is 12.5 Å². The molecule has 0 amide bonds. The van der Waals surface area contributed by atoms with Crippen LogP contribution in [0.1, 0.15) is 6.42 Å². The first-order valence-electron chi connectivity index (χ1n) is 3.33. The highest BCUT2D eigenvalue weighted by atomic mass is 15.0. The quantitative estimate of drug-likeness (QED) is 0.428. The Labute approximate surface area is 56.0 Å². The van der Waals surface area contributed by atoms with Gasteiger partial charge in [0.15, 0.2) is 0 Å². The topological polar surface area (TPSA) is 24.1 Å². The predicted molar refractivity (Wildman–Crippen MR) is 38.1 cm³/mol. The van der Waals surface area contributed by atoms with E-state index in [0.29, 0.717) is 0 Å². The van der Waals surface area contributed by atoms with E-state index in [2.05, 4.69) is 16.6 Å². The van der Waals surface area contributed by atoms with Gasteiger partial charge in [0, 0.05) is 6.54 Å². The van der Waals surface area contributed by atoms with Crippen molar-refractivity contribution in [3.05, 3.63) is 0 Å². The minimum atomic E-state index is 0.243. The van der Waals surface area contributed by atoms with E-state index < -0.39 is 0 Å². The molecule has 9 heavy (non-hydrogen) atoms. The minimum absolute atomic E-state index is 0.243. The summed E-state index contributed by atoms with van der Waals surface area (Å²) in [4.78, 5) is 0. The molecule has 2 N–H and O–H groups in total. The van der Waals surface area contributed by atoms with E-state index >= 15 is 0 Å². The highest BCUT2D eigenvalue weighted by Crippen LogP contribution is 1.85. The molecule has 0 aliphatic carbocycles. The van der Waals surface area contributed by atoms with Gasteiger partial charge in [0.25, 0.3) is 0 Å². The van der Waals surface area contributed by atoms with E-state index in [1.165, 1.54) is 6.42 Å². The molecule has 0 radical (unpaired) electrons. The first-order valence-corrected chi connectivity index (χ1v) is 3.33. The van der Waals surface area contributed by atoms with Crippen LogP contribution >= 0.6 is 0 Å². The number of nitrogens with one attached hydrogen (secondary N) is 2. The van der Waals surface area contributed by atoms with Crippen molar-refractivity contribution in [1.82, 2.24) is 10.6 Å². The average molecular weight is 124 g/mol. The third-order valence-corrected chi connectivity index (χ3v) is 1.47. The van der Waals surface area contributed by atoms with E-state index in [9.17, 15) is 0 Å². The highest BCUT2D eigenvalue weighted by molar-refractivity contribution is 5.00. The van der Waals surface area contributed by atoms with Crippen LogP contribution in [0, 0.1) is 12.3 Å². The van der Waals surface area contributed by atoms with Gasteiger partial charge in [-0.25, -0.2) is 0 Å². The first kappa shape index (κ1) is 6.60. The Kier molecular flexibility index (Phi) is 2.56. The Balaban J connectivity index is 2.29. The predicted octanol–water partition coefficient (Wildman–Crippen LogP) is -0.429. The Morgan fingerprint density at radius 3 is 3.11 bits per heavy atom. The van der Waals surface area contributed by atoms with E-state index in [1.54, 1.807) is 0 Å². The number of rotatable bonds is 0. The van der Waals surface area contributed by atoms with Gasteiger partial charge in [-0.3, -0.25) is 0 Å². The summed E-state index contributed by atoms with van der Waals surface area (Å²) >= 11 is 0. The normalized spacial score (nSPS) is 28.6. The molecule has 0 bridgehead atoms. The Bertz CT molecular complexity index is 107. The molecule has 0 spiro atoms. The molecule has 1 aliphatic rings. The van der Waals surface area contributed by atoms with Crippen molar-refractivity contribution in [3.8, 4) is 12.3 Å². The summed E-state index contributed by atoms with van der Waals surface area (Å²) in [5.74, 6) is 2.67. The Morgan fingerprint density at radius 1 is 1.44 bits per heavy atom. The molecule has 0 aromatic rings. The summed E-state index contributed by atoms with van der Waals surface area (Å²) in [5, 5.41) is 6.48. The van der Waals surface area contributed by atoms with Gasteiger partial charge in [-0.15, -0.1) is 6.42 Å². The molecular weight excluding hydrogens is 112 g/mol. The van der Waals surface area contributed by atoms with Gasteiger partial charge >= 0.3 is 0 Å². The van der Waals surface area contributed by atoms with Crippen molar-refractivity contribution < 1.29 is 0 Å². The Hall–Kier alpha value is -0.520. The minimum Gasteiger partial charge on any atom is -0.314 e. The van der Waals surface area contributed by atoms with Crippen LogP contribution in [0.25, 0.3) is 0 Å². The lowest BCUT2D eigenvalue weighted by atomic mass is 10.3. The molecule has 2 nitrogen and oxygen atoms in total. The van der Waals surface area contributed by atoms with Gasteiger partial charge in [-0.2, -0.15) is 0 Å². The molecule has 0 aromatic heterocycles. The van der Waals surface area contributed by atoms with Crippen LogP contribution in [0.3, 0.4) is 0 Å². The molecular formula is C7H12N2. The lowest BCUT2D eigenvalue weighted by molar-refractivity contribution is 0.630. The standard InChI is InChI=1S/C7H12N2/c1-2-7-6-8-4-3-5-9-7/h1,7-9H,3-6H2. The number of hydrogen-bond acceptors (Lipinski definition) is 2. The van der Waals surface area contributed by atoms with Crippen LogP contribution in [-0.2, 0) is 0 Å². The molecule has 0 saturated carbocycles. The van der Waals surface area contributed by atoms with Crippen LogP contribution in [0.15, 0.2) is 0 Å². The van der Waals surface area contributed by atoms with Crippen molar-refractivity contribution in [1.29, 1.82) is 0 Å². The maximum absolute atomic E-state index is 5.22. The molecule has 1 rings (SSSR count). The summed E-state index contributed by atoms with van der Waals surface area (Å²) in [5.41, 5.74) is 0.